The van der Waals surface area contributed by atoms with Crippen molar-refractivity contribution in [2.45, 2.75) is 24.3 Å². The molecule has 2 aromatic carbocycles. The fraction of sp³-hybridized carbons (Fsp3) is 0.190. The van der Waals surface area contributed by atoms with E-state index in [0.717, 1.165) is 33.6 Å². The summed E-state index contributed by atoms with van der Waals surface area (Å²) in [5, 5.41) is 14.1. The van der Waals surface area contributed by atoms with Crippen LogP contribution in [0.25, 0.3) is 22.2 Å². The second kappa shape index (κ2) is 7.52. The predicted octanol–water partition coefficient (Wildman–Crippen LogP) is 4.66. The van der Waals surface area contributed by atoms with Crippen molar-refractivity contribution in [1.29, 1.82) is 0 Å². The Morgan fingerprint density at radius 3 is 2.68 bits per heavy atom. The zero-order chi connectivity index (χ0) is 19.7. The highest BCUT2D eigenvalue weighted by Gasteiger charge is 2.20. The molecule has 0 spiro atoms. The Balaban J connectivity index is 1.47. The summed E-state index contributed by atoms with van der Waals surface area (Å²) in [7, 11) is 1.89. The molecular weight excluding hydrogens is 372 g/mol. The standard InChI is InChI=1S/C21H20N4O2S/c1-13-18(10-11-27-13)19-23-24-21(25(19)3)28-14(2)20(26)22-17-9-8-15-6-4-5-7-16(15)12-17/h4-12,14H,1-3H3,(H,22,26)/t14-/m0/s1. The zero-order valence-corrected chi connectivity index (χ0v) is 16.7. The van der Waals surface area contributed by atoms with Crippen LogP contribution in [0.5, 0.6) is 0 Å². The van der Waals surface area contributed by atoms with Crippen molar-refractivity contribution in [3.8, 4) is 11.4 Å². The fourth-order valence-corrected chi connectivity index (χ4v) is 3.81. The van der Waals surface area contributed by atoms with E-state index < -0.39 is 0 Å². The van der Waals surface area contributed by atoms with Gasteiger partial charge in [0.2, 0.25) is 5.91 Å². The van der Waals surface area contributed by atoms with E-state index >= 15 is 0 Å². The molecule has 0 aliphatic carbocycles. The van der Waals surface area contributed by atoms with Crippen LogP contribution in [0.2, 0.25) is 0 Å². The van der Waals surface area contributed by atoms with Crippen LogP contribution in [0.3, 0.4) is 0 Å². The molecule has 6 nitrogen and oxygen atoms in total. The Bertz CT molecular complexity index is 1150. The third-order valence-electron chi connectivity index (χ3n) is 4.60. The van der Waals surface area contributed by atoms with Crippen molar-refractivity contribution in [3.05, 3.63) is 60.6 Å². The van der Waals surface area contributed by atoms with Crippen LogP contribution in [0, 0.1) is 6.92 Å². The molecule has 2 aromatic heterocycles. The molecular formula is C21H20N4O2S. The number of furan rings is 1. The van der Waals surface area contributed by atoms with E-state index in [1.165, 1.54) is 11.8 Å². The number of fused-ring (bicyclic) bond motifs is 1. The van der Waals surface area contributed by atoms with Gasteiger partial charge in [-0.15, -0.1) is 10.2 Å². The van der Waals surface area contributed by atoms with Crippen LogP contribution in [-0.2, 0) is 11.8 Å². The molecule has 1 N–H and O–H groups in total. The molecule has 2 heterocycles. The fourth-order valence-electron chi connectivity index (χ4n) is 2.99. The van der Waals surface area contributed by atoms with E-state index in [-0.39, 0.29) is 11.2 Å². The topological polar surface area (TPSA) is 72.9 Å². The molecule has 0 aliphatic rings. The normalized spacial score (nSPS) is 12.2. The van der Waals surface area contributed by atoms with Crippen molar-refractivity contribution in [2.75, 3.05) is 5.32 Å². The summed E-state index contributed by atoms with van der Waals surface area (Å²) in [5.74, 6) is 1.43. The molecule has 1 atom stereocenters. The number of thioether (sulfide) groups is 1. The van der Waals surface area contributed by atoms with Crippen molar-refractivity contribution in [1.82, 2.24) is 14.8 Å². The first-order valence-electron chi connectivity index (χ1n) is 8.93. The minimum absolute atomic E-state index is 0.0793. The third-order valence-corrected chi connectivity index (χ3v) is 5.74. The maximum atomic E-state index is 12.6. The van der Waals surface area contributed by atoms with Crippen LogP contribution in [0.15, 0.2) is 64.4 Å². The number of nitrogens with zero attached hydrogens (tertiary/aromatic N) is 3. The van der Waals surface area contributed by atoms with Gasteiger partial charge < -0.3 is 14.3 Å². The Labute approximate surface area is 167 Å². The van der Waals surface area contributed by atoms with E-state index in [1.807, 2.05) is 74.0 Å². The van der Waals surface area contributed by atoms with Crippen LogP contribution < -0.4 is 5.32 Å². The average molecular weight is 392 g/mol. The number of carbonyl (C=O) groups is 1. The SMILES string of the molecule is Cc1occc1-c1nnc(S[C@@H](C)C(=O)Nc2ccc3ccccc3c2)n1C. The number of aryl methyl sites for hydroxylation is 1. The second-order valence-electron chi connectivity index (χ2n) is 6.57. The molecule has 0 aliphatic heterocycles. The number of benzene rings is 2. The van der Waals surface area contributed by atoms with Crippen molar-refractivity contribution in [3.63, 3.8) is 0 Å². The highest BCUT2D eigenvalue weighted by atomic mass is 32.2. The lowest BCUT2D eigenvalue weighted by Gasteiger charge is -2.12. The van der Waals surface area contributed by atoms with Crippen LogP contribution >= 0.6 is 11.8 Å². The van der Waals surface area contributed by atoms with E-state index in [1.54, 1.807) is 6.26 Å². The number of amides is 1. The summed E-state index contributed by atoms with van der Waals surface area (Å²) in [6.07, 6.45) is 1.63. The highest BCUT2D eigenvalue weighted by molar-refractivity contribution is 8.00. The number of hydrogen-bond donors (Lipinski definition) is 1. The van der Waals surface area contributed by atoms with Gasteiger partial charge >= 0.3 is 0 Å². The van der Waals surface area contributed by atoms with Crippen molar-refractivity contribution >= 4 is 34.1 Å². The molecule has 4 aromatic rings. The summed E-state index contributed by atoms with van der Waals surface area (Å²) in [6, 6.07) is 15.8. The van der Waals surface area contributed by atoms with Gasteiger partial charge in [-0.3, -0.25) is 4.79 Å². The molecule has 0 fully saturated rings. The van der Waals surface area contributed by atoms with E-state index in [0.29, 0.717) is 5.16 Å². The Morgan fingerprint density at radius 1 is 1.14 bits per heavy atom. The van der Waals surface area contributed by atoms with Crippen LogP contribution in [-0.4, -0.2) is 25.9 Å². The molecule has 28 heavy (non-hydrogen) atoms. The Kier molecular flexibility index (Phi) is 4.92. The molecule has 0 radical (unpaired) electrons. The number of rotatable bonds is 5. The number of hydrogen-bond acceptors (Lipinski definition) is 5. The smallest absolute Gasteiger partial charge is 0.237 e. The van der Waals surface area contributed by atoms with Gasteiger partial charge in [0.05, 0.1) is 17.1 Å². The molecule has 0 unspecified atom stereocenters. The maximum absolute atomic E-state index is 12.6. The first-order chi connectivity index (χ1) is 13.5. The van der Waals surface area contributed by atoms with E-state index in [9.17, 15) is 4.79 Å². The maximum Gasteiger partial charge on any atom is 0.237 e. The second-order valence-corrected chi connectivity index (χ2v) is 7.87. The molecule has 1 amide bonds. The van der Waals surface area contributed by atoms with Gasteiger partial charge in [-0.1, -0.05) is 42.1 Å². The summed E-state index contributed by atoms with van der Waals surface area (Å²) < 4.78 is 7.22. The largest absolute Gasteiger partial charge is 0.469 e. The summed E-state index contributed by atoms with van der Waals surface area (Å²) in [6.45, 7) is 3.75. The van der Waals surface area contributed by atoms with Crippen LogP contribution in [0.4, 0.5) is 5.69 Å². The summed E-state index contributed by atoms with van der Waals surface area (Å²) >= 11 is 1.37. The van der Waals surface area contributed by atoms with Gasteiger partial charge in [0.1, 0.15) is 5.76 Å². The number of nitrogens with one attached hydrogen (secondary N) is 1. The summed E-state index contributed by atoms with van der Waals surface area (Å²) in [4.78, 5) is 12.6. The molecule has 4 rings (SSSR count). The van der Waals surface area contributed by atoms with Gasteiger partial charge in [0.15, 0.2) is 11.0 Å². The number of anilines is 1. The van der Waals surface area contributed by atoms with Crippen LogP contribution in [0.1, 0.15) is 12.7 Å². The minimum Gasteiger partial charge on any atom is -0.469 e. The zero-order valence-electron chi connectivity index (χ0n) is 15.8. The highest BCUT2D eigenvalue weighted by Crippen LogP contribution is 2.28. The molecule has 142 valence electrons. The lowest BCUT2D eigenvalue weighted by atomic mass is 10.1. The van der Waals surface area contributed by atoms with Crippen molar-refractivity contribution < 1.29 is 9.21 Å². The van der Waals surface area contributed by atoms with E-state index in [4.69, 9.17) is 4.42 Å². The number of carbonyl (C=O) groups excluding carboxylic acids is 1. The number of aromatic nitrogens is 3. The lowest BCUT2D eigenvalue weighted by molar-refractivity contribution is -0.115. The Morgan fingerprint density at radius 2 is 1.93 bits per heavy atom. The van der Waals surface area contributed by atoms with Gasteiger partial charge in [-0.2, -0.15) is 0 Å². The van der Waals surface area contributed by atoms with Crippen molar-refractivity contribution in [2.24, 2.45) is 7.05 Å². The minimum atomic E-state index is -0.326. The first kappa shape index (κ1) is 18.3. The Hall–Kier alpha value is -3.06. The van der Waals surface area contributed by atoms with Gasteiger partial charge in [0.25, 0.3) is 0 Å². The lowest BCUT2D eigenvalue weighted by Crippen LogP contribution is -2.22. The average Bonchev–Trinajstić information content (AvgIpc) is 3.27. The molecule has 0 saturated heterocycles. The molecule has 0 bridgehead atoms. The summed E-state index contributed by atoms with van der Waals surface area (Å²) in [5.41, 5.74) is 1.68. The van der Waals surface area contributed by atoms with E-state index in [2.05, 4.69) is 15.5 Å². The quantitative estimate of drug-likeness (QED) is 0.500. The van der Waals surface area contributed by atoms with Gasteiger partial charge in [-0.25, -0.2) is 0 Å². The molecule has 7 heteroatoms. The first-order valence-corrected chi connectivity index (χ1v) is 9.81. The van der Waals surface area contributed by atoms with Gasteiger partial charge in [-0.05, 0) is 42.8 Å². The molecule has 0 saturated carbocycles. The third kappa shape index (κ3) is 3.53. The van der Waals surface area contributed by atoms with Gasteiger partial charge in [0, 0.05) is 12.7 Å². The predicted molar refractivity (Wildman–Crippen MR) is 111 cm³/mol. The monoisotopic (exact) mass is 392 g/mol.